The molecule has 0 bridgehead atoms. The van der Waals surface area contributed by atoms with Gasteiger partial charge in [-0.2, -0.15) is 5.26 Å². The van der Waals surface area contributed by atoms with E-state index in [-0.39, 0.29) is 6.17 Å². The van der Waals surface area contributed by atoms with E-state index in [1.54, 1.807) is 12.7 Å². The summed E-state index contributed by atoms with van der Waals surface area (Å²) < 4.78 is 3.38. The molecule has 1 fully saturated rings. The summed E-state index contributed by atoms with van der Waals surface area (Å²) in [5.41, 5.74) is 3.01. The number of benzene rings is 1. The third-order valence-electron chi connectivity index (χ3n) is 5.57. The summed E-state index contributed by atoms with van der Waals surface area (Å²) in [6.07, 6.45) is 8.36. The number of hydrogen-bond acceptors (Lipinski definition) is 7. The highest BCUT2D eigenvalue weighted by Gasteiger charge is 2.45. The lowest BCUT2D eigenvalue weighted by molar-refractivity contribution is 0.656. The predicted molar refractivity (Wildman–Crippen MR) is 97.3 cm³/mol. The molecule has 1 saturated carbocycles. The van der Waals surface area contributed by atoms with Crippen molar-refractivity contribution in [1.29, 1.82) is 5.26 Å². The second kappa shape index (κ2) is 4.94. The van der Waals surface area contributed by atoms with Gasteiger partial charge in [-0.05, 0) is 18.4 Å². The summed E-state index contributed by atoms with van der Waals surface area (Å²) >= 11 is 0. The maximum Gasteiger partial charge on any atom is 0.208 e. The molecule has 3 aromatic rings. The first kappa shape index (κ1) is 14.5. The molecular weight excluding hydrogens is 342 g/mol. The lowest BCUT2D eigenvalue weighted by Gasteiger charge is -2.36. The number of para-hydroxylation sites is 1. The first-order chi connectivity index (χ1) is 13.3. The molecular formula is C18H15N9. The van der Waals surface area contributed by atoms with E-state index in [2.05, 4.69) is 45.6 Å². The molecule has 1 aliphatic carbocycles. The molecule has 132 valence electrons. The maximum atomic E-state index is 9.46. The first-order valence-corrected chi connectivity index (χ1v) is 8.87. The molecule has 3 atom stereocenters. The Kier molecular flexibility index (Phi) is 2.65. The number of rotatable bonds is 2. The number of nitriles is 1. The third kappa shape index (κ3) is 1.81. The zero-order valence-corrected chi connectivity index (χ0v) is 14.5. The number of imidazole rings is 1. The van der Waals surface area contributed by atoms with Crippen molar-refractivity contribution < 1.29 is 0 Å². The molecule has 9 nitrogen and oxygen atoms in total. The molecule has 9 heteroatoms. The Morgan fingerprint density at radius 1 is 1.26 bits per heavy atom. The average molecular weight is 357 g/mol. The van der Waals surface area contributed by atoms with Crippen molar-refractivity contribution in [2.75, 3.05) is 10.0 Å². The van der Waals surface area contributed by atoms with E-state index < -0.39 is 0 Å². The van der Waals surface area contributed by atoms with Gasteiger partial charge in [0.15, 0.2) is 17.8 Å². The van der Waals surface area contributed by atoms with E-state index >= 15 is 0 Å². The number of hydrogen-bond donors (Lipinski definition) is 0. The topological polar surface area (TPSA) is 91.2 Å². The zero-order chi connectivity index (χ0) is 18.1. The Balaban J connectivity index is 1.51. The van der Waals surface area contributed by atoms with Gasteiger partial charge in [0.25, 0.3) is 0 Å². The van der Waals surface area contributed by atoms with Crippen molar-refractivity contribution in [2.24, 2.45) is 10.9 Å². The largest absolute Gasteiger partial charge is 0.284 e. The summed E-state index contributed by atoms with van der Waals surface area (Å²) in [5, 5.41) is 21.8. The van der Waals surface area contributed by atoms with Gasteiger partial charge in [0.1, 0.15) is 18.4 Å². The summed E-state index contributed by atoms with van der Waals surface area (Å²) in [6.45, 7) is 2.18. The highest BCUT2D eigenvalue weighted by Crippen LogP contribution is 2.51. The Morgan fingerprint density at radius 3 is 2.93 bits per heavy atom. The van der Waals surface area contributed by atoms with Crippen LogP contribution in [0.15, 0.2) is 41.8 Å². The Labute approximate surface area is 154 Å². The molecule has 0 amide bonds. The molecule has 27 heavy (non-hydrogen) atoms. The number of anilines is 2. The van der Waals surface area contributed by atoms with Gasteiger partial charge in [-0.15, -0.1) is 9.78 Å². The fourth-order valence-electron chi connectivity index (χ4n) is 4.08. The molecule has 0 spiro atoms. The van der Waals surface area contributed by atoms with Crippen LogP contribution in [-0.2, 0) is 0 Å². The smallest absolute Gasteiger partial charge is 0.208 e. The Bertz CT molecular complexity index is 1130. The van der Waals surface area contributed by atoms with Gasteiger partial charge in [-0.25, -0.2) is 20.0 Å². The van der Waals surface area contributed by atoms with E-state index in [0.717, 1.165) is 29.2 Å². The number of aromatic nitrogens is 5. The number of aliphatic imine (C=N–C) groups is 1. The predicted octanol–water partition coefficient (Wildman–Crippen LogP) is 2.20. The zero-order valence-electron chi connectivity index (χ0n) is 14.5. The molecule has 0 saturated heterocycles. The summed E-state index contributed by atoms with van der Waals surface area (Å²) in [6, 6.07) is 8.17. The second-order valence-corrected chi connectivity index (χ2v) is 7.14. The fourth-order valence-corrected chi connectivity index (χ4v) is 4.08. The van der Waals surface area contributed by atoms with Crippen molar-refractivity contribution in [3.8, 4) is 11.9 Å². The van der Waals surface area contributed by atoms with Crippen molar-refractivity contribution in [1.82, 2.24) is 24.5 Å². The minimum Gasteiger partial charge on any atom is -0.284 e. The quantitative estimate of drug-likeness (QED) is 0.698. The van der Waals surface area contributed by atoms with Gasteiger partial charge in [0.2, 0.25) is 6.19 Å². The number of fused-ring (bicyclic) bond motifs is 6. The van der Waals surface area contributed by atoms with Crippen LogP contribution >= 0.6 is 0 Å². The molecule has 0 radical (unpaired) electrons. The second-order valence-electron chi connectivity index (χ2n) is 7.14. The van der Waals surface area contributed by atoms with Crippen molar-refractivity contribution in [3.63, 3.8) is 0 Å². The summed E-state index contributed by atoms with van der Waals surface area (Å²) in [5.74, 6) is 2.38. The summed E-state index contributed by atoms with van der Waals surface area (Å²) in [4.78, 5) is 9.08. The molecule has 2 aromatic heterocycles. The van der Waals surface area contributed by atoms with Gasteiger partial charge < -0.3 is 0 Å². The molecule has 3 aliphatic rings. The van der Waals surface area contributed by atoms with Crippen LogP contribution in [0.1, 0.15) is 36.7 Å². The van der Waals surface area contributed by atoms with E-state index in [9.17, 15) is 5.26 Å². The van der Waals surface area contributed by atoms with Gasteiger partial charge >= 0.3 is 0 Å². The van der Waals surface area contributed by atoms with Crippen LogP contribution in [0.2, 0.25) is 0 Å². The van der Waals surface area contributed by atoms with Gasteiger partial charge in [-0.1, -0.05) is 30.3 Å². The van der Waals surface area contributed by atoms with Crippen molar-refractivity contribution in [2.45, 2.75) is 25.4 Å². The summed E-state index contributed by atoms with van der Waals surface area (Å²) in [7, 11) is 0. The van der Waals surface area contributed by atoms with Crippen LogP contribution in [-0.4, -0.2) is 30.9 Å². The van der Waals surface area contributed by atoms with Crippen LogP contribution in [0.3, 0.4) is 0 Å². The highest BCUT2D eigenvalue weighted by atomic mass is 15.7. The molecule has 0 N–H and O–H groups in total. The van der Waals surface area contributed by atoms with E-state index in [4.69, 9.17) is 4.99 Å². The SMILES string of the molecule is CC1CC1c1c(N2C=NC3c4ccccc4-n4cncc4N32)nnn1C#N. The Morgan fingerprint density at radius 2 is 2.11 bits per heavy atom. The van der Waals surface area contributed by atoms with Crippen molar-refractivity contribution in [3.05, 3.63) is 48.0 Å². The molecule has 4 heterocycles. The number of nitrogens with zero attached hydrogens (tertiary/aromatic N) is 9. The first-order valence-electron chi connectivity index (χ1n) is 8.87. The third-order valence-corrected chi connectivity index (χ3v) is 5.57. The minimum atomic E-state index is -0.192. The van der Waals surface area contributed by atoms with Gasteiger partial charge in [-0.3, -0.25) is 4.57 Å². The molecule has 2 aliphatic heterocycles. The maximum absolute atomic E-state index is 9.46. The lowest BCUT2D eigenvalue weighted by Crippen LogP contribution is -2.43. The molecule has 1 aromatic carbocycles. The van der Waals surface area contributed by atoms with E-state index in [1.807, 2.05) is 27.9 Å². The van der Waals surface area contributed by atoms with Gasteiger partial charge in [0, 0.05) is 11.5 Å². The Hall–Kier alpha value is -3.67. The van der Waals surface area contributed by atoms with Crippen LogP contribution in [0.5, 0.6) is 0 Å². The van der Waals surface area contributed by atoms with Crippen LogP contribution in [0.25, 0.3) is 5.69 Å². The number of hydrazine groups is 1. The minimum absolute atomic E-state index is 0.192. The highest BCUT2D eigenvalue weighted by molar-refractivity contribution is 5.87. The molecule has 3 unspecified atom stereocenters. The van der Waals surface area contributed by atoms with Crippen LogP contribution in [0.4, 0.5) is 11.6 Å². The van der Waals surface area contributed by atoms with Crippen molar-refractivity contribution >= 4 is 18.0 Å². The van der Waals surface area contributed by atoms with Crippen LogP contribution < -0.4 is 10.0 Å². The lowest BCUT2D eigenvalue weighted by atomic mass is 10.1. The average Bonchev–Trinajstić information content (AvgIpc) is 3.13. The van der Waals surface area contributed by atoms with E-state index in [0.29, 0.717) is 17.7 Å². The molecule has 6 rings (SSSR count). The monoisotopic (exact) mass is 357 g/mol. The van der Waals surface area contributed by atoms with Gasteiger partial charge in [0.05, 0.1) is 11.9 Å². The standard InChI is InChI=1S/C18H15N9/c1-11-6-13(11)16-18(22-23-25(16)8-19)26-10-21-17-12-4-2-3-5-14(12)24-9-20-7-15(24)27(17)26/h2-5,7,9-11,13,17H,6H2,1H3. The van der Waals surface area contributed by atoms with Crippen LogP contribution in [0, 0.1) is 17.4 Å². The fraction of sp³-hybridized carbons (Fsp3) is 0.278. The van der Waals surface area contributed by atoms with E-state index in [1.165, 1.54) is 4.68 Å². The normalized spacial score (nSPS) is 24.4.